The third-order valence-electron chi connectivity index (χ3n) is 1.85. The first-order valence-electron chi connectivity index (χ1n) is 3.85. The molecule has 4 heteroatoms. The summed E-state index contributed by atoms with van der Waals surface area (Å²) >= 11 is 0. The Balaban J connectivity index is 2.47. The van der Waals surface area contributed by atoms with E-state index in [4.69, 9.17) is 10.8 Å². The summed E-state index contributed by atoms with van der Waals surface area (Å²) in [7, 11) is 0. The van der Waals surface area contributed by atoms with Crippen molar-refractivity contribution in [2.45, 2.75) is 0 Å². The Morgan fingerprint density at radius 2 is 1.92 bits per heavy atom. The van der Waals surface area contributed by atoms with Crippen LogP contribution in [-0.4, -0.2) is 15.3 Å². The number of nitrogens with two attached hydrogens (primary N) is 1. The summed E-state index contributed by atoms with van der Waals surface area (Å²) in [5, 5.41) is 15.5. The number of hydrogen-bond acceptors (Lipinski definition) is 3. The van der Waals surface area contributed by atoms with Crippen LogP contribution in [0.5, 0.6) is 5.75 Å². The number of nitrogen functional groups attached to an aromatic ring is 1. The van der Waals surface area contributed by atoms with Crippen molar-refractivity contribution in [2.75, 3.05) is 5.73 Å². The van der Waals surface area contributed by atoms with Crippen molar-refractivity contribution in [3.8, 4) is 16.9 Å². The Morgan fingerprint density at radius 3 is 2.46 bits per heavy atom. The van der Waals surface area contributed by atoms with Crippen molar-refractivity contribution >= 4 is 5.82 Å². The molecule has 1 aromatic heterocycles. The van der Waals surface area contributed by atoms with Crippen molar-refractivity contribution in [3.05, 3.63) is 30.5 Å². The van der Waals surface area contributed by atoms with Crippen molar-refractivity contribution < 1.29 is 5.11 Å². The second-order valence-electron chi connectivity index (χ2n) is 2.74. The smallest absolute Gasteiger partial charge is 0.126 e. The highest BCUT2D eigenvalue weighted by Gasteiger charge is 2.03. The maximum Gasteiger partial charge on any atom is 0.126 e. The van der Waals surface area contributed by atoms with Gasteiger partial charge in [0.2, 0.25) is 0 Å². The second kappa shape index (κ2) is 2.82. The third kappa shape index (κ3) is 1.33. The van der Waals surface area contributed by atoms with E-state index in [9.17, 15) is 0 Å². The zero-order chi connectivity index (χ0) is 9.26. The molecule has 4 N–H and O–H groups in total. The van der Waals surface area contributed by atoms with Gasteiger partial charge in [0, 0.05) is 5.56 Å². The van der Waals surface area contributed by atoms with Crippen LogP contribution in [0.1, 0.15) is 0 Å². The van der Waals surface area contributed by atoms with Crippen LogP contribution >= 0.6 is 0 Å². The molecule has 0 spiro atoms. The van der Waals surface area contributed by atoms with Crippen LogP contribution in [0.15, 0.2) is 30.5 Å². The molecule has 0 atom stereocenters. The van der Waals surface area contributed by atoms with Crippen LogP contribution in [-0.2, 0) is 0 Å². The summed E-state index contributed by atoms with van der Waals surface area (Å²) in [6.45, 7) is 0. The van der Waals surface area contributed by atoms with E-state index in [1.807, 2.05) is 0 Å². The summed E-state index contributed by atoms with van der Waals surface area (Å²) in [5.41, 5.74) is 7.41. The molecule has 0 bridgehead atoms. The lowest BCUT2D eigenvalue weighted by Gasteiger charge is -1.98. The minimum absolute atomic E-state index is 0.241. The molecule has 66 valence electrons. The molecule has 0 aliphatic rings. The van der Waals surface area contributed by atoms with E-state index in [1.165, 1.54) is 0 Å². The van der Waals surface area contributed by atoms with Gasteiger partial charge < -0.3 is 10.8 Å². The largest absolute Gasteiger partial charge is 0.508 e. The van der Waals surface area contributed by atoms with Gasteiger partial charge in [-0.2, -0.15) is 5.10 Å². The lowest BCUT2D eigenvalue weighted by molar-refractivity contribution is 0.475. The van der Waals surface area contributed by atoms with Gasteiger partial charge in [0.15, 0.2) is 0 Å². The number of nitrogens with zero attached hydrogens (tertiary/aromatic N) is 1. The summed E-state index contributed by atoms with van der Waals surface area (Å²) in [5.74, 6) is 0.775. The fourth-order valence-electron chi connectivity index (χ4n) is 1.17. The van der Waals surface area contributed by atoms with Crippen LogP contribution in [0.2, 0.25) is 0 Å². The topological polar surface area (TPSA) is 74.9 Å². The summed E-state index contributed by atoms with van der Waals surface area (Å²) < 4.78 is 0. The van der Waals surface area contributed by atoms with Gasteiger partial charge in [0.25, 0.3) is 0 Å². The first-order chi connectivity index (χ1) is 6.27. The van der Waals surface area contributed by atoms with Crippen molar-refractivity contribution in [2.24, 2.45) is 0 Å². The lowest BCUT2D eigenvalue weighted by Crippen LogP contribution is -1.86. The molecule has 0 radical (unpaired) electrons. The van der Waals surface area contributed by atoms with E-state index in [-0.39, 0.29) is 5.75 Å². The number of H-pyrrole nitrogens is 1. The Hall–Kier alpha value is -1.97. The summed E-state index contributed by atoms with van der Waals surface area (Å²) in [6.07, 6.45) is 1.65. The van der Waals surface area contributed by atoms with E-state index in [1.54, 1.807) is 30.5 Å². The number of nitrogens with one attached hydrogen (secondary N) is 1. The maximum absolute atomic E-state index is 9.07. The van der Waals surface area contributed by atoms with Gasteiger partial charge in [-0.3, -0.25) is 5.10 Å². The molecule has 2 rings (SSSR count). The first-order valence-corrected chi connectivity index (χ1v) is 3.85. The molecule has 0 fully saturated rings. The molecular weight excluding hydrogens is 166 g/mol. The van der Waals surface area contributed by atoms with Gasteiger partial charge in [0.05, 0.1) is 6.20 Å². The van der Waals surface area contributed by atoms with E-state index >= 15 is 0 Å². The zero-order valence-electron chi connectivity index (χ0n) is 6.86. The van der Waals surface area contributed by atoms with Crippen LogP contribution in [0.25, 0.3) is 11.1 Å². The molecule has 4 nitrogen and oxygen atoms in total. The Labute approximate surface area is 75.0 Å². The van der Waals surface area contributed by atoms with Gasteiger partial charge in [-0.15, -0.1) is 0 Å². The number of aromatic nitrogens is 2. The molecule has 1 aromatic carbocycles. The SMILES string of the molecule is Nc1[nH]ncc1-c1ccc(O)cc1. The number of hydrogen-bond donors (Lipinski definition) is 3. The number of benzene rings is 1. The Morgan fingerprint density at radius 1 is 1.23 bits per heavy atom. The fraction of sp³-hybridized carbons (Fsp3) is 0. The van der Waals surface area contributed by atoms with E-state index < -0.39 is 0 Å². The molecular formula is C9H9N3O. The number of rotatable bonds is 1. The van der Waals surface area contributed by atoms with Gasteiger partial charge in [0.1, 0.15) is 11.6 Å². The molecule has 13 heavy (non-hydrogen) atoms. The van der Waals surface area contributed by atoms with Gasteiger partial charge in [-0.25, -0.2) is 0 Å². The van der Waals surface area contributed by atoms with Crippen LogP contribution < -0.4 is 5.73 Å². The molecule has 2 aromatic rings. The molecule has 0 aliphatic heterocycles. The van der Waals surface area contributed by atoms with Crippen molar-refractivity contribution in [1.82, 2.24) is 10.2 Å². The molecule has 1 heterocycles. The van der Waals surface area contributed by atoms with E-state index in [0.29, 0.717) is 5.82 Å². The van der Waals surface area contributed by atoms with Gasteiger partial charge in [-0.1, -0.05) is 12.1 Å². The summed E-state index contributed by atoms with van der Waals surface area (Å²) in [4.78, 5) is 0. The maximum atomic E-state index is 9.07. The molecule has 0 saturated heterocycles. The minimum Gasteiger partial charge on any atom is -0.508 e. The first kappa shape index (κ1) is 7.67. The highest BCUT2D eigenvalue weighted by atomic mass is 16.3. The lowest BCUT2D eigenvalue weighted by atomic mass is 10.1. The number of anilines is 1. The summed E-state index contributed by atoms with van der Waals surface area (Å²) in [6, 6.07) is 6.80. The quantitative estimate of drug-likeness (QED) is 0.612. The predicted octanol–water partition coefficient (Wildman–Crippen LogP) is 1.36. The van der Waals surface area contributed by atoms with Crippen molar-refractivity contribution in [3.63, 3.8) is 0 Å². The van der Waals surface area contributed by atoms with Gasteiger partial charge >= 0.3 is 0 Å². The third-order valence-corrected chi connectivity index (χ3v) is 1.85. The second-order valence-corrected chi connectivity index (χ2v) is 2.74. The van der Waals surface area contributed by atoms with Crippen molar-refractivity contribution in [1.29, 1.82) is 0 Å². The Kier molecular flexibility index (Phi) is 1.66. The number of aromatic amines is 1. The van der Waals surface area contributed by atoms with Crippen LogP contribution in [0.4, 0.5) is 5.82 Å². The van der Waals surface area contributed by atoms with E-state index in [0.717, 1.165) is 11.1 Å². The van der Waals surface area contributed by atoms with Crippen LogP contribution in [0, 0.1) is 0 Å². The van der Waals surface area contributed by atoms with Crippen LogP contribution in [0.3, 0.4) is 0 Å². The predicted molar refractivity (Wildman–Crippen MR) is 50.1 cm³/mol. The number of aromatic hydroxyl groups is 1. The highest BCUT2D eigenvalue weighted by Crippen LogP contribution is 2.24. The number of phenolic OH excluding ortho intramolecular Hbond substituents is 1. The Bertz CT molecular complexity index is 405. The highest BCUT2D eigenvalue weighted by molar-refractivity contribution is 5.73. The van der Waals surface area contributed by atoms with Gasteiger partial charge in [-0.05, 0) is 17.7 Å². The minimum atomic E-state index is 0.241. The molecule has 0 unspecified atom stereocenters. The average molecular weight is 175 g/mol. The molecule has 0 saturated carbocycles. The fourth-order valence-corrected chi connectivity index (χ4v) is 1.17. The average Bonchev–Trinajstić information content (AvgIpc) is 2.53. The molecule has 0 aliphatic carbocycles. The standard InChI is InChI=1S/C9H9N3O/c10-9-8(5-11-12-9)6-1-3-7(13)4-2-6/h1-5,13H,(H3,10,11,12). The number of phenols is 1. The normalized spacial score (nSPS) is 10.2. The monoisotopic (exact) mass is 175 g/mol. The van der Waals surface area contributed by atoms with E-state index in [2.05, 4.69) is 10.2 Å². The molecule has 0 amide bonds. The zero-order valence-corrected chi connectivity index (χ0v) is 6.86.